The SMILES string of the molecule is CN(C)CC#CCNC(=S)N(C)C. The van der Waals surface area contributed by atoms with Crippen molar-refractivity contribution in [2.75, 3.05) is 41.3 Å². The molecule has 0 fully saturated rings. The van der Waals surface area contributed by atoms with Crippen molar-refractivity contribution in [3.05, 3.63) is 0 Å². The van der Waals surface area contributed by atoms with Crippen molar-refractivity contribution in [3.63, 3.8) is 0 Å². The maximum Gasteiger partial charge on any atom is 0.169 e. The average Bonchev–Trinajstić information content (AvgIpc) is 2.02. The van der Waals surface area contributed by atoms with Crippen molar-refractivity contribution in [3.8, 4) is 11.8 Å². The molecule has 0 saturated carbocycles. The molecule has 0 aromatic rings. The van der Waals surface area contributed by atoms with Crippen LogP contribution in [-0.4, -0.2) is 56.2 Å². The number of hydrogen-bond acceptors (Lipinski definition) is 2. The summed E-state index contributed by atoms with van der Waals surface area (Å²) in [5.41, 5.74) is 0. The first-order valence-corrected chi connectivity index (χ1v) is 4.50. The highest BCUT2D eigenvalue weighted by atomic mass is 32.1. The van der Waals surface area contributed by atoms with E-state index in [9.17, 15) is 0 Å². The molecule has 13 heavy (non-hydrogen) atoms. The molecule has 0 atom stereocenters. The van der Waals surface area contributed by atoms with Crippen LogP contribution >= 0.6 is 12.2 Å². The number of rotatable bonds is 2. The lowest BCUT2D eigenvalue weighted by molar-refractivity contribution is 0.463. The minimum absolute atomic E-state index is 0.616. The molecule has 0 spiro atoms. The van der Waals surface area contributed by atoms with Gasteiger partial charge in [0.2, 0.25) is 0 Å². The van der Waals surface area contributed by atoms with Gasteiger partial charge in [0.1, 0.15) is 0 Å². The molecule has 0 aliphatic carbocycles. The zero-order valence-corrected chi connectivity index (χ0v) is 9.53. The summed E-state index contributed by atoms with van der Waals surface area (Å²) in [4.78, 5) is 3.88. The van der Waals surface area contributed by atoms with E-state index in [1.807, 2.05) is 38.0 Å². The average molecular weight is 199 g/mol. The van der Waals surface area contributed by atoms with E-state index >= 15 is 0 Å². The summed E-state index contributed by atoms with van der Waals surface area (Å²) in [6, 6.07) is 0. The normalized spacial score (nSPS) is 9.00. The van der Waals surface area contributed by atoms with E-state index < -0.39 is 0 Å². The van der Waals surface area contributed by atoms with Gasteiger partial charge in [-0.25, -0.2) is 0 Å². The summed E-state index contributed by atoms with van der Waals surface area (Å²) in [6.07, 6.45) is 0. The largest absolute Gasteiger partial charge is 0.355 e. The highest BCUT2D eigenvalue weighted by Crippen LogP contribution is 1.76. The van der Waals surface area contributed by atoms with Crippen molar-refractivity contribution >= 4 is 17.3 Å². The van der Waals surface area contributed by atoms with Gasteiger partial charge in [0, 0.05) is 14.1 Å². The van der Waals surface area contributed by atoms with Gasteiger partial charge in [-0.15, -0.1) is 0 Å². The molecule has 0 saturated heterocycles. The summed E-state index contributed by atoms with van der Waals surface area (Å²) >= 11 is 5.02. The lowest BCUT2D eigenvalue weighted by Gasteiger charge is -2.13. The van der Waals surface area contributed by atoms with Crippen molar-refractivity contribution in [1.82, 2.24) is 15.1 Å². The third-order valence-corrected chi connectivity index (χ3v) is 1.76. The molecule has 0 rings (SSSR count). The molecule has 0 aromatic carbocycles. The van der Waals surface area contributed by atoms with Crippen molar-refractivity contribution in [1.29, 1.82) is 0 Å². The van der Waals surface area contributed by atoms with E-state index in [2.05, 4.69) is 17.2 Å². The van der Waals surface area contributed by atoms with Gasteiger partial charge in [-0.1, -0.05) is 11.8 Å². The van der Waals surface area contributed by atoms with Crippen LogP contribution in [0.15, 0.2) is 0 Å². The van der Waals surface area contributed by atoms with Crippen LogP contribution in [-0.2, 0) is 0 Å². The third-order valence-electron chi connectivity index (χ3n) is 1.25. The number of hydrogen-bond donors (Lipinski definition) is 1. The second-order valence-corrected chi connectivity index (χ2v) is 3.53. The first kappa shape index (κ1) is 12.2. The topological polar surface area (TPSA) is 18.5 Å². The molecule has 1 N–H and O–H groups in total. The number of nitrogens with zero attached hydrogens (tertiary/aromatic N) is 2. The second kappa shape index (κ2) is 6.70. The Labute approximate surface area is 86.1 Å². The molecule has 0 bridgehead atoms. The molecule has 0 aliphatic rings. The summed E-state index contributed by atoms with van der Waals surface area (Å²) in [7, 11) is 7.80. The standard InChI is InChI=1S/C9H17N3S/c1-11(2)8-6-5-7-10-9(13)12(3)4/h7-8H2,1-4H3,(H,10,13). The fourth-order valence-corrected chi connectivity index (χ4v) is 0.627. The van der Waals surface area contributed by atoms with Gasteiger partial charge in [0.15, 0.2) is 5.11 Å². The first-order chi connectivity index (χ1) is 6.04. The lowest BCUT2D eigenvalue weighted by atomic mass is 10.5. The molecule has 0 heterocycles. The van der Waals surface area contributed by atoms with E-state index in [4.69, 9.17) is 12.2 Å². The van der Waals surface area contributed by atoms with Gasteiger partial charge >= 0.3 is 0 Å². The molecule has 0 amide bonds. The molecule has 0 aliphatic heterocycles. The van der Waals surface area contributed by atoms with E-state index in [1.54, 1.807) is 0 Å². The Balaban J connectivity index is 3.53. The summed E-state index contributed by atoms with van der Waals surface area (Å²) < 4.78 is 0. The maximum atomic E-state index is 5.02. The third kappa shape index (κ3) is 7.57. The molecule has 0 unspecified atom stereocenters. The Hall–Kier alpha value is -0.790. The van der Waals surface area contributed by atoms with E-state index in [0.717, 1.165) is 11.7 Å². The molecule has 74 valence electrons. The molecular weight excluding hydrogens is 182 g/mol. The first-order valence-electron chi connectivity index (χ1n) is 4.09. The van der Waals surface area contributed by atoms with Gasteiger partial charge in [-0.3, -0.25) is 4.90 Å². The van der Waals surface area contributed by atoms with Gasteiger partial charge in [0.05, 0.1) is 13.1 Å². The van der Waals surface area contributed by atoms with Crippen LogP contribution in [0.25, 0.3) is 0 Å². The predicted octanol–water partition coefficient (Wildman–Crippen LogP) is -0.0125. The zero-order chi connectivity index (χ0) is 10.3. The molecule has 4 heteroatoms. The smallest absolute Gasteiger partial charge is 0.169 e. The van der Waals surface area contributed by atoms with Crippen LogP contribution < -0.4 is 5.32 Å². The molecule has 3 nitrogen and oxygen atoms in total. The Kier molecular flexibility index (Phi) is 6.29. The maximum absolute atomic E-state index is 5.02. The van der Waals surface area contributed by atoms with Crippen molar-refractivity contribution in [2.45, 2.75) is 0 Å². The fraction of sp³-hybridized carbons (Fsp3) is 0.667. The van der Waals surface area contributed by atoms with Gasteiger partial charge < -0.3 is 10.2 Å². The minimum Gasteiger partial charge on any atom is -0.355 e. The van der Waals surface area contributed by atoms with Crippen LogP contribution in [0.5, 0.6) is 0 Å². The number of nitrogens with one attached hydrogen (secondary N) is 1. The molecule has 0 aromatic heterocycles. The van der Waals surface area contributed by atoms with Gasteiger partial charge in [0.25, 0.3) is 0 Å². The van der Waals surface area contributed by atoms with Crippen LogP contribution in [0.2, 0.25) is 0 Å². The van der Waals surface area contributed by atoms with Gasteiger partial charge in [-0.05, 0) is 26.3 Å². The van der Waals surface area contributed by atoms with Crippen LogP contribution in [0.1, 0.15) is 0 Å². The minimum atomic E-state index is 0.616. The highest BCUT2D eigenvalue weighted by molar-refractivity contribution is 7.80. The molecular formula is C9H17N3S. The quantitative estimate of drug-likeness (QED) is 0.498. The van der Waals surface area contributed by atoms with Crippen molar-refractivity contribution in [2.24, 2.45) is 0 Å². The Morgan fingerprint density at radius 1 is 1.23 bits per heavy atom. The Morgan fingerprint density at radius 3 is 2.31 bits per heavy atom. The highest BCUT2D eigenvalue weighted by Gasteiger charge is 1.93. The monoisotopic (exact) mass is 199 g/mol. The predicted molar refractivity (Wildman–Crippen MR) is 60.6 cm³/mol. The van der Waals surface area contributed by atoms with E-state index in [-0.39, 0.29) is 0 Å². The van der Waals surface area contributed by atoms with Crippen LogP contribution in [0.4, 0.5) is 0 Å². The summed E-state index contributed by atoms with van der Waals surface area (Å²) in [6.45, 7) is 1.40. The Bertz CT molecular complexity index is 213. The second-order valence-electron chi connectivity index (χ2n) is 3.14. The molecule has 0 radical (unpaired) electrons. The van der Waals surface area contributed by atoms with Crippen molar-refractivity contribution < 1.29 is 0 Å². The Morgan fingerprint density at radius 2 is 1.85 bits per heavy atom. The lowest BCUT2D eigenvalue weighted by Crippen LogP contribution is -2.34. The van der Waals surface area contributed by atoms with Gasteiger partial charge in [-0.2, -0.15) is 0 Å². The van der Waals surface area contributed by atoms with Crippen LogP contribution in [0, 0.1) is 11.8 Å². The van der Waals surface area contributed by atoms with E-state index in [0.29, 0.717) is 6.54 Å². The zero-order valence-electron chi connectivity index (χ0n) is 8.72. The summed E-state index contributed by atoms with van der Waals surface area (Å²) in [5.74, 6) is 6.00. The number of thiocarbonyl (C=S) groups is 1. The fourth-order valence-electron chi connectivity index (χ4n) is 0.554. The van der Waals surface area contributed by atoms with Crippen LogP contribution in [0.3, 0.4) is 0 Å². The van der Waals surface area contributed by atoms with E-state index in [1.165, 1.54) is 0 Å². The summed E-state index contributed by atoms with van der Waals surface area (Å²) in [5, 5.41) is 3.74.